The quantitative estimate of drug-likeness (QED) is 0.661. The van der Waals surface area contributed by atoms with Crippen LogP contribution in [0.25, 0.3) is 0 Å². The van der Waals surface area contributed by atoms with Gasteiger partial charge in [-0.3, -0.25) is 0 Å². The zero-order chi connectivity index (χ0) is 15.1. The lowest BCUT2D eigenvalue weighted by Crippen LogP contribution is -2.14. The van der Waals surface area contributed by atoms with Gasteiger partial charge in [0.05, 0.1) is 0 Å². The lowest BCUT2D eigenvalue weighted by atomic mass is 9.81. The van der Waals surface area contributed by atoms with Crippen LogP contribution in [0, 0.1) is 6.92 Å². The smallest absolute Gasteiger partial charge is 0.417 e. The number of alkyl halides is 3. The molecule has 0 heterocycles. The first kappa shape index (κ1) is 15.5. The molecule has 0 atom stereocenters. The molecule has 0 saturated heterocycles. The predicted octanol–water partition coefficient (Wildman–Crippen LogP) is 5.72. The van der Waals surface area contributed by atoms with Gasteiger partial charge in [0.15, 0.2) is 12.0 Å². The Morgan fingerprint density at radius 1 is 1.15 bits per heavy atom. The molecule has 0 aromatic heterocycles. The van der Waals surface area contributed by atoms with E-state index >= 15 is 0 Å². The summed E-state index contributed by atoms with van der Waals surface area (Å²) < 4.78 is 41.6. The van der Waals surface area contributed by atoms with Crippen molar-refractivity contribution in [2.24, 2.45) is 0 Å². The van der Waals surface area contributed by atoms with Gasteiger partial charge in [0, 0.05) is 0 Å². The number of halogens is 3. The molecule has 0 unspecified atom stereocenters. The molecule has 1 nitrogen and oxygen atoms in total. The van der Waals surface area contributed by atoms with Gasteiger partial charge >= 0.3 is 5.51 Å². The van der Waals surface area contributed by atoms with Crippen LogP contribution in [0.2, 0.25) is 0 Å². The molecule has 1 aromatic carbocycles. The zero-order valence-corrected chi connectivity index (χ0v) is 12.9. The summed E-state index contributed by atoms with van der Waals surface area (Å²) in [6.07, 6.45) is 2.22. The van der Waals surface area contributed by atoms with Crippen LogP contribution in [0.5, 0.6) is 5.75 Å². The first-order valence-corrected chi connectivity index (χ1v) is 7.39. The summed E-state index contributed by atoms with van der Waals surface area (Å²) in [6.45, 7) is 8.16. The number of hydrogen-bond acceptors (Lipinski definition) is 2. The third-order valence-corrected chi connectivity index (χ3v) is 3.85. The zero-order valence-electron chi connectivity index (χ0n) is 12.1. The van der Waals surface area contributed by atoms with Crippen LogP contribution < -0.4 is 4.18 Å². The van der Waals surface area contributed by atoms with Crippen LogP contribution in [0.15, 0.2) is 12.1 Å². The second kappa shape index (κ2) is 5.17. The Labute approximate surface area is 122 Å². The maximum absolute atomic E-state index is 12.3. The fourth-order valence-corrected chi connectivity index (χ4v) is 2.63. The van der Waals surface area contributed by atoms with E-state index in [2.05, 4.69) is 20.8 Å². The molecule has 1 aliphatic carbocycles. The Hall–Kier alpha value is -0.840. The first-order valence-electron chi connectivity index (χ1n) is 6.65. The highest BCUT2D eigenvalue weighted by atomic mass is 32.2. The van der Waals surface area contributed by atoms with Crippen molar-refractivity contribution < 1.29 is 17.4 Å². The van der Waals surface area contributed by atoms with Gasteiger partial charge in [0.2, 0.25) is 0 Å². The minimum atomic E-state index is -4.38. The van der Waals surface area contributed by atoms with E-state index in [0.717, 1.165) is 24.0 Å². The summed E-state index contributed by atoms with van der Waals surface area (Å²) in [5.41, 5.74) is -1.30. The number of hydrogen-bond donors (Lipinski definition) is 0. The van der Waals surface area contributed by atoms with Crippen LogP contribution in [0.3, 0.4) is 0 Å². The molecule has 1 aromatic rings. The Morgan fingerprint density at radius 3 is 2.20 bits per heavy atom. The Kier molecular flexibility index (Phi) is 4.02. The molecule has 112 valence electrons. The van der Waals surface area contributed by atoms with E-state index in [1.165, 1.54) is 5.56 Å². The summed E-state index contributed by atoms with van der Waals surface area (Å²) in [5, 5.41) is 0. The minimum absolute atomic E-state index is 0.0155. The van der Waals surface area contributed by atoms with Crippen molar-refractivity contribution in [3.63, 3.8) is 0 Å². The number of rotatable bonds is 3. The van der Waals surface area contributed by atoms with Crippen LogP contribution in [0.4, 0.5) is 13.2 Å². The normalized spacial score (nSPS) is 16.4. The summed E-state index contributed by atoms with van der Waals surface area (Å²) in [7, 11) is 0. The van der Waals surface area contributed by atoms with Crippen molar-refractivity contribution in [1.29, 1.82) is 0 Å². The van der Waals surface area contributed by atoms with Crippen molar-refractivity contribution >= 4 is 12.0 Å². The second-order valence-electron chi connectivity index (χ2n) is 6.34. The van der Waals surface area contributed by atoms with E-state index in [0.29, 0.717) is 11.7 Å². The minimum Gasteiger partial charge on any atom is -0.417 e. The van der Waals surface area contributed by atoms with Gasteiger partial charge in [-0.2, -0.15) is 13.2 Å². The van der Waals surface area contributed by atoms with Crippen molar-refractivity contribution in [3.8, 4) is 5.75 Å². The van der Waals surface area contributed by atoms with E-state index in [9.17, 15) is 13.2 Å². The van der Waals surface area contributed by atoms with Crippen LogP contribution >= 0.6 is 12.0 Å². The monoisotopic (exact) mass is 304 g/mol. The molecule has 2 rings (SSSR count). The SMILES string of the molecule is Cc1cc(C(C)(C)C)c(C2CC2)cc1OSC(F)(F)F. The van der Waals surface area contributed by atoms with E-state index in [4.69, 9.17) is 4.18 Å². The topological polar surface area (TPSA) is 9.23 Å². The molecule has 5 heteroatoms. The number of aryl methyl sites for hydroxylation is 1. The lowest BCUT2D eigenvalue weighted by Gasteiger charge is -2.25. The third-order valence-electron chi connectivity index (χ3n) is 3.40. The van der Waals surface area contributed by atoms with Crippen LogP contribution in [-0.4, -0.2) is 5.51 Å². The molecule has 0 radical (unpaired) electrons. The standard InChI is InChI=1S/C15H19F3OS/c1-9-7-12(14(2,3)4)11(10-5-6-10)8-13(9)19-20-15(16,17)18/h7-8,10H,5-6H2,1-4H3. The molecule has 0 amide bonds. The predicted molar refractivity (Wildman–Crippen MR) is 76.1 cm³/mol. The highest BCUT2D eigenvalue weighted by Gasteiger charge is 2.33. The van der Waals surface area contributed by atoms with E-state index in [1.54, 1.807) is 13.0 Å². The highest BCUT2D eigenvalue weighted by Crippen LogP contribution is 2.47. The fourth-order valence-electron chi connectivity index (χ4n) is 2.27. The van der Waals surface area contributed by atoms with Gasteiger partial charge in [-0.05, 0) is 53.9 Å². The molecule has 1 saturated carbocycles. The maximum atomic E-state index is 12.3. The summed E-state index contributed by atoms with van der Waals surface area (Å²) in [4.78, 5) is 0. The average Bonchev–Trinajstić information content (AvgIpc) is 3.08. The van der Waals surface area contributed by atoms with Gasteiger partial charge in [0.25, 0.3) is 0 Å². The summed E-state index contributed by atoms with van der Waals surface area (Å²) in [6, 6.07) is 3.77. The third kappa shape index (κ3) is 3.84. The molecule has 0 bridgehead atoms. The first-order chi connectivity index (χ1) is 9.08. The molecule has 0 N–H and O–H groups in total. The molecule has 1 fully saturated rings. The van der Waals surface area contributed by atoms with Gasteiger partial charge in [0.1, 0.15) is 5.75 Å². The van der Waals surface area contributed by atoms with Crippen LogP contribution in [-0.2, 0) is 5.41 Å². The second-order valence-corrected chi connectivity index (χ2v) is 7.14. The maximum Gasteiger partial charge on any atom is 0.479 e. The van der Waals surface area contributed by atoms with E-state index < -0.39 is 17.6 Å². The fraction of sp³-hybridized carbons (Fsp3) is 0.600. The van der Waals surface area contributed by atoms with Crippen molar-refractivity contribution in [2.75, 3.05) is 0 Å². The molecule has 0 spiro atoms. The Morgan fingerprint density at radius 2 is 1.75 bits per heavy atom. The van der Waals surface area contributed by atoms with Gasteiger partial charge in [-0.1, -0.05) is 26.8 Å². The lowest BCUT2D eigenvalue weighted by molar-refractivity contribution is -0.0369. The van der Waals surface area contributed by atoms with E-state index in [-0.39, 0.29) is 5.41 Å². The van der Waals surface area contributed by atoms with Gasteiger partial charge < -0.3 is 4.18 Å². The van der Waals surface area contributed by atoms with E-state index in [1.807, 2.05) is 6.07 Å². The largest absolute Gasteiger partial charge is 0.479 e. The molecule has 0 aliphatic heterocycles. The average molecular weight is 304 g/mol. The molecular formula is C15H19F3OS. The summed E-state index contributed by atoms with van der Waals surface area (Å²) >= 11 is -0.445. The number of benzene rings is 1. The van der Waals surface area contributed by atoms with Gasteiger partial charge in [-0.15, -0.1) is 0 Å². The summed E-state index contributed by atoms with van der Waals surface area (Å²) in [5.74, 6) is 0.797. The molecule has 1 aliphatic rings. The van der Waals surface area contributed by atoms with Crippen molar-refractivity contribution in [2.45, 2.75) is 57.4 Å². The molecule has 20 heavy (non-hydrogen) atoms. The Balaban J connectivity index is 2.33. The van der Waals surface area contributed by atoms with Crippen molar-refractivity contribution in [1.82, 2.24) is 0 Å². The van der Waals surface area contributed by atoms with Gasteiger partial charge in [-0.25, -0.2) is 0 Å². The van der Waals surface area contributed by atoms with Crippen LogP contribution in [0.1, 0.15) is 56.2 Å². The molecular weight excluding hydrogens is 285 g/mol. The highest BCUT2D eigenvalue weighted by molar-refractivity contribution is 7.95. The van der Waals surface area contributed by atoms with Crippen molar-refractivity contribution in [3.05, 3.63) is 28.8 Å². The Bertz CT molecular complexity index is 499.